The lowest BCUT2D eigenvalue weighted by atomic mass is 9.99. The third kappa shape index (κ3) is 3.87. The molecule has 8 heteroatoms. The van der Waals surface area contributed by atoms with Gasteiger partial charge in [0.15, 0.2) is 5.65 Å². The third-order valence-corrected chi connectivity index (χ3v) is 7.26. The van der Waals surface area contributed by atoms with Gasteiger partial charge in [-0.25, -0.2) is 4.98 Å². The highest BCUT2D eigenvalue weighted by Crippen LogP contribution is 2.37. The molecule has 1 N–H and O–H groups in total. The van der Waals surface area contributed by atoms with Crippen LogP contribution in [0.25, 0.3) is 33.4 Å². The van der Waals surface area contributed by atoms with Crippen LogP contribution < -0.4 is 14.5 Å². The van der Waals surface area contributed by atoms with Crippen LogP contribution >= 0.6 is 0 Å². The van der Waals surface area contributed by atoms with Gasteiger partial charge in [-0.2, -0.15) is 0 Å². The molecule has 0 bridgehead atoms. The number of aryl methyl sites for hydroxylation is 2. The van der Waals surface area contributed by atoms with E-state index in [0.717, 1.165) is 71.8 Å². The van der Waals surface area contributed by atoms with E-state index < -0.39 is 0 Å². The number of H-pyrrole nitrogens is 1. The summed E-state index contributed by atoms with van der Waals surface area (Å²) >= 11 is 0. The number of benzene rings is 1. The van der Waals surface area contributed by atoms with E-state index in [1.165, 1.54) is 16.8 Å². The molecule has 35 heavy (non-hydrogen) atoms. The van der Waals surface area contributed by atoms with Gasteiger partial charge in [-0.1, -0.05) is 0 Å². The van der Waals surface area contributed by atoms with Crippen LogP contribution in [0.15, 0.2) is 36.7 Å². The van der Waals surface area contributed by atoms with Crippen LogP contribution in [0.2, 0.25) is 0 Å². The molecular formula is C27H31N7O. The Morgan fingerprint density at radius 2 is 1.66 bits per heavy atom. The van der Waals surface area contributed by atoms with Crippen molar-refractivity contribution in [2.24, 2.45) is 0 Å². The van der Waals surface area contributed by atoms with Gasteiger partial charge < -0.3 is 24.4 Å². The predicted octanol–water partition coefficient (Wildman–Crippen LogP) is 3.88. The smallest absolute Gasteiger partial charge is 0.237 e. The summed E-state index contributed by atoms with van der Waals surface area (Å²) in [5, 5.41) is 10.1. The van der Waals surface area contributed by atoms with E-state index in [1.54, 1.807) is 0 Å². The molecule has 1 saturated heterocycles. The van der Waals surface area contributed by atoms with Crippen molar-refractivity contribution < 1.29 is 4.74 Å². The molecule has 0 atom stereocenters. The number of pyridine rings is 1. The number of nitrogens with zero attached hydrogens (tertiary/aromatic N) is 6. The van der Waals surface area contributed by atoms with Gasteiger partial charge in [0.2, 0.25) is 5.88 Å². The fraction of sp³-hybridized carbons (Fsp3) is 0.370. The van der Waals surface area contributed by atoms with Crippen molar-refractivity contribution in [1.29, 1.82) is 0 Å². The minimum atomic E-state index is 0.661. The zero-order chi connectivity index (χ0) is 24.1. The second-order valence-corrected chi connectivity index (χ2v) is 9.76. The lowest BCUT2D eigenvalue weighted by molar-refractivity contribution is 0.299. The first-order chi connectivity index (χ1) is 17.0. The quantitative estimate of drug-likeness (QED) is 0.488. The van der Waals surface area contributed by atoms with Crippen LogP contribution in [-0.2, 0) is 0 Å². The van der Waals surface area contributed by atoms with Crippen molar-refractivity contribution in [3.63, 3.8) is 0 Å². The number of aromatic amines is 1. The number of likely N-dealkylation sites (N-methyl/N-ethyl adjacent to an activating group) is 2. The highest BCUT2D eigenvalue weighted by atomic mass is 16.5. The average Bonchev–Trinajstić information content (AvgIpc) is 3.28. The highest BCUT2D eigenvalue weighted by molar-refractivity contribution is 5.95. The molecule has 6 rings (SSSR count). The monoisotopic (exact) mass is 469 g/mol. The first kappa shape index (κ1) is 21.9. The first-order valence-electron chi connectivity index (χ1n) is 12.2. The number of rotatable bonds is 3. The molecule has 0 spiro atoms. The molecule has 0 amide bonds. The SMILES string of the molecule is Cc1cc(-c2cc3c(-c4cnc5c(c4)N(C)CCO5)c[nH]c3nn2)cc(C)c1N1CCN(C)CC1. The van der Waals surface area contributed by atoms with Crippen molar-refractivity contribution in [1.82, 2.24) is 25.1 Å². The zero-order valence-corrected chi connectivity index (χ0v) is 20.8. The molecule has 4 aromatic rings. The summed E-state index contributed by atoms with van der Waals surface area (Å²) in [5.74, 6) is 0.689. The van der Waals surface area contributed by atoms with E-state index in [2.05, 4.69) is 87.1 Å². The number of hydrogen-bond donors (Lipinski definition) is 1. The normalized spacial score (nSPS) is 16.5. The predicted molar refractivity (Wildman–Crippen MR) is 141 cm³/mol. The maximum Gasteiger partial charge on any atom is 0.237 e. The molecular weight excluding hydrogens is 438 g/mol. The van der Waals surface area contributed by atoms with E-state index in [-0.39, 0.29) is 0 Å². The fourth-order valence-electron chi connectivity index (χ4n) is 5.31. The second-order valence-electron chi connectivity index (χ2n) is 9.76. The summed E-state index contributed by atoms with van der Waals surface area (Å²) < 4.78 is 5.72. The van der Waals surface area contributed by atoms with Gasteiger partial charge in [0.25, 0.3) is 0 Å². The number of ether oxygens (including phenoxy) is 1. The molecule has 0 unspecified atom stereocenters. The van der Waals surface area contributed by atoms with Gasteiger partial charge in [-0.15, -0.1) is 10.2 Å². The molecule has 3 aromatic heterocycles. The zero-order valence-electron chi connectivity index (χ0n) is 20.8. The Morgan fingerprint density at radius 3 is 2.43 bits per heavy atom. The van der Waals surface area contributed by atoms with Gasteiger partial charge in [0, 0.05) is 73.4 Å². The average molecular weight is 470 g/mol. The van der Waals surface area contributed by atoms with E-state index >= 15 is 0 Å². The summed E-state index contributed by atoms with van der Waals surface area (Å²) in [5.41, 5.74) is 9.76. The summed E-state index contributed by atoms with van der Waals surface area (Å²) in [6, 6.07) is 8.77. The Morgan fingerprint density at radius 1 is 0.886 bits per heavy atom. The van der Waals surface area contributed by atoms with Gasteiger partial charge in [0.1, 0.15) is 12.3 Å². The molecule has 5 heterocycles. The van der Waals surface area contributed by atoms with Crippen LogP contribution in [0.3, 0.4) is 0 Å². The number of hydrogen-bond acceptors (Lipinski definition) is 7. The van der Waals surface area contributed by atoms with Crippen LogP contribution in [0.1, 0.15) is 11.1 Å². The molecule has 2 aliphatic heterocycles. The lowest BCUT2D eigenvalue weighted by Crippen LogP contribution is -2.45. The molecule has 1 fully saturated rings. The maximum atomic E-state index is 5.72. The highest BCUT2D eigenvalue weighted by Gasteiger charge is 2.21. The van der Waals surface area contributed by atoms with Gasteiger partial charge in [-0.05, 0) is 56.3 Å². The number of anilines is 2. The van der Waals surface area contributed by atoms with E-state index in [1.807, 2.05) is 12.4 Å². The molecule has 180 valence electrons. The molecule has 0 radical (unpaired) electrons. The topological polar surface area (TPSA) is 73.4 Å². The molecule has 0 saturated carbocycles. The van der Waals surface area contributed by atoms with Crippen LogP contribution in [0.5, 0.6) is 5.88 Å². The van der Waals surface area contributed by atoms with Gasteiger partial charge in [0.05, 0.1) is 12.2 Å². The first-order valence-corrected chi connectivity index (χ1v) is 12.2. The lowest BCUT2D eigenvalue weighted by Gasteiger charge is -2.36. The molecule has 2 aliphatic rings. The standard InChI is InChI=1S/C27H31N7O/c1-17-11-19(12-18(2)25(17)34-7-5-32(3)6-8-34)23-14-21-22(16-28-26(21)31-30-23)20-13-24-27(29-15-20)35-10-9-33(24)4/h11-16H,5-10H2,1-4H3,(H,28,31). The fourth-order valence-corrected chi connectivity index (χ4v) is 5.31. The Kier molecular flexibility index (Phi) is 5.33. The minimum absolute atomic E-state index is 0.661. The third-order valence-electron chi connectivity index (χ3n) is 7.26. The number of piperazine rings is 1. The minimum Gasteiger partial charge on any atom is -0.474 e. The summed E-state index contributed by atoms with van der Waals surface area (Å²) in [7, 11) is 4.26. The maximum absolute atomic E-state index is 5.72. The van der Waals surface area contributed by atoms with Crippen molar-refractivity contribution in [2.45, 2.75) is 13.8 Å². The Balaban J connectivity index is 1.38. The van der Waals surface area contributed by atoms with Crippen molar-refractivity contribution in [3.8, 4) is 28.3 Å². The van der Waals surface area contributed by atoms with Gasteiger partial charge in [-0.3, -0.25) is 0 Å². The Hall–Kier alpha value is -3.65. The van der Waals surface area contributed by atoms with Crippen molar-refractivity contribution in [3.05, 3.63) is 47.8 Å². The number of fused-ring (bicyclic) bond motifs is 2. The summed E-state index contributed by atoms with van der Waals surface area (Å²) in [6.07, 6.45) is 3.86. The van der Waals surface area contributed by atoms with Gasteiger partial charge >= 0.3 is 0 Å². The molecule has 0 aliphatic carbocycles. The number of nitrogens with one attached hydrogen (secondary N) is 1. The molecule has 8 nitrogen and oxygen atoms in total. The summed E-state index contributed by atoms with van der Waals surface area (Å²) in [4.78, 5) is 14.9. The van der Waals surface area contributed by atoms with Crippen LogP contribution in [0, 0.1) is 13.8 Å². The van der Waals surface area contributed by atoms with Crippen LogP contribution in [0.4, 0.5) is 11.4 Å². The largest absolute Gasteiger partial charge is 0.474 e. The van der Waals surface area contributed by atoms with Crippen molar-refractivity contribution >= 4 is 22.4 Å². The number of aromatic nitrogens is 4. The van der Waals surface area contributed by atoms with Crippen LogP contribution in [-0.4, -0.2) is 78.5 Å². The van der Waals surface area contributed by atoms with E-state index in [9.17, 15) is 0 Å². The van der Waals surface area contributed by atoms with Crippen molar-refractivity contribution in [2.75, 3.05) is 63.2 Å². The van der Waals surface area contributed by atoms with E-state index in [0.29, 0.717) is 12.5 Å². The van der Waals surface area contributed by atoms with E-state index in [4.69, 9.17) is 4.74 Å². The Labute approximate surface area is 205 Å². The molecule has 1 aromatic carbocycles. The summed E-state index contributed by atoms with van der Waals surface area (Å²) in [6.45, 7) is 10.2. The second kappa shape index (κ2) is 8.53. The Bertz CT molecular complexity index is 1380.